The minimum absolute atomic E-state index is 0.122. The summed E-state index contributed by atoms with van der Waals surface area (Å²) < 4.78 is 17.0. The van der Waals surface area contributed by atoms with Gasteiger partial charge >= 0.3 is 12.2 Å². The molecule has 0 radical (unpaired) electrons. The second kappa shape index (κ2) is 11.7. The van der Waals surface area contributed by atoms with Gasteiger partial charge in [0.05, 0.1) is 31.2 Å². The van der Waals surface area contributed by atoms with Crippen molar-refractivity contribution in [2.75, 3.05) is 32.8 Å². The molecule has 2 aliphatic rings. The predicted octanol–water partition coefficient (Wildman–Crippen LogP) is 4.92. The maximum atomic E-state index is 14.3. The zero-order valence-corrected chi connectivity index (χ0v) is 24.6. The zero-order chi connectivity index (χ0) is 28.4. The fourth-order valence-electron chi connectivity index (χ4n) is 4.71. The molecule has 10 heteroatoms. The zero-order valence-electron chi connectivity index (χ0n) is 23.8. The van der Waals surface area contributed by atoms with E-state index in [9.17, 15) is 14.4 Å². The number of amides is 3. The highest BCUT2D eigenvalue weighted by atomic mass is 35.5. The van der Waals surface area contributed by atoms with Crippen LogP contribution in [0.1, 0.15) is 66.9 Å². The standard InChI is InChI=1S/C28H42ClN3O6/c1-18(2)31(26(35)38-28(6,7)8)15-23(19-9-11-20(29)12-10-19)24(33)32-21-13-30(14-22(32)17-36-16-21)25(34)37-27(3,4)5/h9-12,18,21-23H,13-17H2,1-8H3/t21?,22?,23-/m1/s1. The van der Waals surface area contributed by atoms with Crippen molar-refractivity contribution in [2.45, 2.75) is 90.6 Å². The number of rotatable bonds is 5. The number of morpholine rings is 1. The number of carbonyl (C=O) groups excluding carboxylic acids is 3. The van der Waals surface area contributed by atoms with Crippen LogP contribution < -0.4 is 0 Å². The lowest BCUT2D eigenvalue weighted by atomic mass is 9.93. The fourth-order valence-corrected chi connectivity index (χ4v) is 4.84. The van der Waals surface area contributed by atoms with Gasteiger partial charge in [0.1, 0.15) is 11.2 Å². The number of halogens is 1. The highest BCUT2D eigenvalue weighted by Gasteiger charge is 2.45. The van der Waals surface area contributed by atoms with E-state index in [1.54, 1.807) is 21.9 Å². The van der Waals surface area contributed by atoms with Crippen LogP contribution in [0.5, 0.6) is 0 Å². The van der Waals surface area contributed by atoms with Crippen LogP contribution >= 0.6 is 11.6 Å². The molecule has 0 saturated carbocycles. The number of benzene rings is 1. The molecule has 2 bridgehead atoms. The molecule has 212 valence electrons. The van der Waals surface area contributed by atoms with E-state index < -0.39 is 29.3 Å². The number of carbonyl (C=O) groups is 3. The first-order valence-corrected chi connectivity index (χ1v) is 13.6. The Labute approximate surface area is 231 Å². The lowest BCUT2D eigenvalue weighted by Gasteiger charge is -2.50. The summed E-state index contributed by atoms with van der Waals surface area (Å²) in [6.45, 7) is 16.1. The third-order valence-electron chi connectivity index (χ3n) is 6.38. The van der Waals surface area contributed by atoms with Gasteiger partial charge in [-0.15, -0.1) is 0 Å². The summed E-state index contributed by atoms with van der Waals surface area (Å²) in [5.41, 5.74) is -0.532. The van der Waals surface area contributed by atoms with Crippen LogP contribution in [0.4, 0.5) is 9.59 Å². The number of nitrogens with zero attached hydrogens (tertiary/aromatic N) is 3. The van der Waals surface area contributed by atoms with E-state index in [1.165, 1.54) is 0 Å². The van der Waals surface area contributed by atoms with E-state index in [2.05, 4.69) is 0 Å². The van der Waals surface area contributed by atoms with Gasteiger partial charge in [0.2, 0.25) is 5.91 Å². The van der Waals surface area contributed by atoms with Crippen molar-refractivity contribution in [1.82, 2.24) is 14.7 Å². The van der Waals surface area contributed by atoms with Gasteiger partial charge < -0.3 is 28.9 Å². The fraction of sp³-hybridized carbons (Fsp3) is 0.679. The largest absolute Gasteiger partial charge is 0.444 e. The molecule has 3 rings (SSSR count). The normalized spacial score (nSPS) is 20.7. The highest BCUT2D eigenvalue weighted by Crippen LogP contribution is 2.30. The first kappa shape index (κ1) is 30.0. The minimum atomic E-state index is -0.670. The Kier molecular flexibility index (Phi) is 9.24. The lowest BCUT2D eigenvalue weighted by molar-refractivity contribution is -0.156. The van der Waals surface area contributed by atoms with E-state index >= 15 is 0 Å². The lowest BCUT2D eigenvalue weighted by Crippen LogP contribution is -2.68. The summed E-state index contributed by atoms with van der Waals surface area (Å²) in [6.07, 6.45) is -0.871. The molecule has 2 saturated heterocycles. The molecule has 1 aromatic rings. The molecule has 0 spiro atoms. The third kappa shape index (κ3) is 7.76. The van der Waals surface area contributed by atoms with Gasteiger partial charge in [0, 0.05) is 30.7 Å². The summed E-state index contributed by atoms with van der Waals surface area (Å²) >= 11 is 6.15. The Bertz CT molecular complexity index is 987. The Hall–Kier alpha value is -2.52. The number of hydrogen-bond acceptors (Lipinski definition) is 6. The topological polar surface area (TPSA) is 88.6 Å². The molecule has 2 unspecified atom stereocenters. The molecule has 0 N–H and O–H groups in total. The van der Waals surface area contributed by atoms with Crippen molar-refractivity contribution in [2.24, 2.45) is 0 Å². The van der Waals surface area contributed by atoms with E-state index in [-0.39, 0.29) is 30.6 Å². The van der Waals surface area contributed by atoms with E-state index in [4.69, 9.17) is 25.8 Å². The van der Waals surface area contributed by atoms with E-state index in [0.29, 0.717) is 31.3 Å². The first-order valence-electron chi connectivity index (χ1n) is 13.2. The second-order valence-corrected chi connectivity index (χ2v) is 12.7. The smallest absolute Gasteiger partial charge is 0.410 e. The van der Waals surface area contributed by atoms with E-state index in [0.717, 1.165) is 5.56 Å². The summed E-state index contributed by atoms with van der Waals surface area (Å²) in [5, 5.41) is 0.559. The molecular formula is C28H42ClN3O6. The van der Waals surface area contributed by atoms with Gasteiger partial charge in [0.15, 0.2) is 0 Å². The Morgan fingerprint density at radius 1 is 0.974 bits per heavy atom. The Morgan fingerprint density at radius 3 is 1.97 bits per heavy atom. The quantitative estimate of drug-likeness (QED) is 0.516. The van der Waals surface area contributed by atoms with E-state index in [1.807, 2.05) is 72.4 Å². The van der Waals surface area contributed by atoms with Gasteiger partial charge in [-0.05, 0) is 73.1 Å². The molecule has 1 aromatic carbocycles. The molecule has 38 heavy (non-hydrogen) atoms. The van der Waals surface area contributed by atoms with Crippen LogP contribution in [0.15, 0.2) is 24.3 Å². The Balaban J connectivity index is 1.90. The van der Waals surface area contributed by atoms with Crippen LogP contribution in [0.3, 0.4) is 0 Å². The molecule has 0 aliphatic carbocycles. The van der Waals surface area contributed by atoms with Crippen molar-refractivity contribution in [3.8, 4) is 0 Å². The maximum absolute atomic E-state index is 14.3. The Morgan fingerprint density at radius 2 is 1.50 bits per heavy atom. The monoisotopic (exact) mass is 551 g/mol. The van der Waals surface area contributed by atoms with Gasteiger partial charge in [-0.3, -0.25) is 4.79 Å². The third-order valence-corrected chi connectivity index (χ3v) is 6.63. The summed E-state index contributed by atoms with van der Waals surface area (Å²) in [5.74, 6) is -0.776. The molecular weight excluding hydrogens is 510 g/mol. The van der Waals surface area contributed by atoms with Crippen LogP contribution in [-0.4, -0.2) is 95.0 Å². The molecule has 2 aliphatic heterocycles. The van der Waals surface area contributed by atoms with Crippen molar-refractivity contribution in [3.05, 3.63) is 34.9 Å². The molecule has 9 nitrogen and oxygen atoms in total. The summed E-state index contributed by atoms with van der Waals surface area (Å²) in [7, 11) is 0. The van der Waals surface area contributed by atoms with Crippen molar-refractivity contribution in [1.29, 1.82) is 0 Å². The molecule has 3 atom stereocenters. The van der Waals surface area contributed by atoms with Gasteiger partial charge in [-0.25, -0.2) is 9.59 Å². The number of hydrogen-bond donors (Lipinski definition) is 0. The number of fused-ring (bicyclic) bond motifs is 2. The van der Waals surface area contributed by atoms with Gasteiger partial charge in [-0.1, -0.05) is 23.7 Å². The van der Waals surface area contributed by atoms with Gasteiger partial charge in [-0.2, -0.15) is 0 Å². The average Bonchev–Trinajstić information content (AvgIpc) is 2.76. The van der Waals surface area contributed by atoms with Crippen molar-refractivity contribution >= 4 is 29.7 Å². The van der Waals surface area contributed by atoms with Crippen molar-refractivity contribution < 1.29 is 28.6 Å². The molecule has 0 aromatic heterocycles. The predicted molar refractivity (Wildman–Crippen MR) is 145 cm³/mol. The van der Waals surface area contributed by atoms with Crippen molar-refractivity contribution in [3.63, 3.8) is 0 Å². The summed E-state index contributed by atoms with van der Waals surface area (Å²) in [4.78, 5) is 45.3. The van der Waals surface area contributed by atoms with Crippen LogP contribution in [0.25, 0.3) is 0 Å². The number of ether oxygens (including phenoxy) is 3. The molecule has 2 heterocycles. The second-order valence-electron chi connectivity index (χ2n) is 12.3. The van der Waals surface area contributed by atoms with Crippen LogP contribution in [-0.2, 0) is 19.0 Å². The number of piperazine rings is 1. The molecule has 3 amide bonds. The summed E-state index contributed by atoms with van der Waals surface area (Å²) in [6, 6.07) is 6.28. The van der Waals surface area contributed by atoms with Crippen LogP contribution in [0.2, 0.25) is 5.02 Å². The van der Waals surface area contributed by atoms with Gasteiger partial charge in [0.25, 0.3) is 0 Å². The average molecular weight is 552 g/mol. The first-order chi connectivity index (χ1) is 17.6. The highest BCUT2D eigenvalue weighted by molar-refractivity contribution is 6.30. The minimum Gasteiger partial charge on any atom is -0.444 e. The SMILES string of the molecule is CC(C)N(C[C@@H](C(=O)N1C2COCC1CN(C(=O)OC(C)(C)C)C2)c1ccc(Cl)cc1)C(=O)OC(C)(C)C. The maximum Gasteiger partial charge on any atom is 0.410 e. The van der Waals surface area contributed by atoms with Crippen LogP contribution in [0, 0.1) is 0 Å². The molecule has 2 fully saturated rings.